The normalized spacial score (nSPS) is 18.3. The molecule has 0 spiro atoms. The van der Waals surface area contributed by atoms with Crippen molar-refractivity contribution in [1.29, 1.82) is 0 Å². The van der Waals surface area contributed by atoms with Crippen LogP contribution in [0.1, 0.15) is 28.7 Å². The van der Waals surface area contributed by atoms with E-state index in [1.165, 1.54) is 26.7 Å². The first-order valence-corrected chi connectivity index (χ1v) is 10.1. The topological polar surface area (TPSA) is 26.0 Å². The molecule has 0 bridgehead atoms. The molecule has 0 fully saturated rings. The zero-order valence-corrected chi connectivity index (χ0v) is 16.5. The van der Waals surface area contributed by atoms with Crippen LogP contribution >= 0.6 is 15.9 Å². The molecule has 0 aromatic heterocycles. The van der Waals surface area contributed by atoms with E-state index in [0.29, 0.717) is 0 Å². The standard InChI is InChI=1S/C24H24BrN/c25-21-13-7-12-20-14-15-22(26)24(23(20)21,16-18-8-3-1-4-9-18)17-19-10-5-2-6-11-19/h1-13,22H,14-17,26H2. The molecule has 132 valence electrons. The fraction of sp³-hybridized carbons (Fsp3) is 0.250. The smallest absolute Gasteiger partial charge is 0.0216 e. The molecule has 0 saturated heterocycles. The number of fused-ring (bicyclic) bond motifs is 1. The third-order valence-electron chi connectivity index (χ3n) is 5.76. The lowest BCUT2D eigenvalue weighted by Crippen LogP contribution is -2.52. The van der Waals surface area contributed by atoms with Crippen LogP contribution < -0.4 is 5.73 Å². The Morgan fingerprint density at radius 1 is 0.808 bits per heavy atom. The highest BCUT2D eigenvalue weighted by Crippen LogP contribution is 2.45. The molecule has 3 aromatic carbocycles. The van der Waals surface area contributed by atoms with Crippen molar-refractivity contribution in [2.24, 2.45) is 5.73 Å². The Morgan fingerprint density at radius 2 is 1.38 bits per heavy atom. The summed E-state index contributed by atoms with van der Waals surface area (Å²) in [6, 6.07) is 28.3. The lowest BCUT2D eigenvalue weighted by Gasteiger charge is -2.45. The molecule has 4 rings (SSSR count). The van der Waals surface area contributed by atoms with Crippen LogP contribution in [0.4, 0.5) is 0 Å². The molecule has 0 aliphatic heterocycles. The number of benzene rings is 3. The fourth-order valence-electron chi connectivity index (χ4n) is 4.53. The maximum absolute atomic E-state index is 6.87. The number of rotatable bonds is 4. The van der Waals surface area contributed by atoms with Gasteiger partial charge in [0, 0.05) is 15.9 Å². The molecule has 2 heteroatoms. The lowest BCUT2D eigenvalue weighted by atomic mass is 9.61. The predicted octanol–water partition coefficient (Wildman–Crippen LogP) is 5.45. The van der Waals surface area contributed by atoms with Gasteiger partial charge in [0.05, 0.1) is 0 Å². The van der Waals surface area contributed by atoms with Gasteiger partial charge in [0.15, 0.2) is 0 Å². The van der Waals surface area contributed by atoms with Crippen molar-refractivity contribution in [3.63, 3.8) is 0 Å². The predicted molar refractivity (Wildman–Crippen MR) is 112 cm³/mol. The number of aryl methyl sites for hydroxylation is 1. The lowest BCUT2D eigenvalue weighted by molar-refractivity contribution is 0.299. The Labute approximate surface area is 164 Å². The quantitative estimate of drug-likeness (QED) is 0.613. The second kappa shape index (κ2) is 7.38. The Bertz CT molecular complexity index is 832. The highest BCUT2D eigenvalue weighted by molar-refractivity contribution is 9.10. The second-order valence-electron chi connectivity index (χ2n) is 7.40. The zero-order chi connectivity index (χ0) is 18.0. The van der Waals surface area contributed by atoms with Crippen molar-refractivity contribution in [3.05, 3.63) is 106 Å². The van der Waals surface area contributed by atoms with Gasteiger partial charge in [0.1, 0.15) is 0 Å². The molecule has 1 aliphatic carbocycles. The van der Waals surface area contributed by atoms with Gasteiger partial charge in [-0.3, -0.25) is 0 Å². The van der Waals surface area contributed by atoms with Gasteiger partial charge in [0.2, 0.25) is 0 Å². The molecule has 26 heavy (non-hydrogen) atoms. The summed E-state index contributed by atoms with van der Waals surface area (Å²) in [5.41, 5.74) is 12.3. The number of nitrogens with two attached hydrogens (primary N) is 1. The van der Waals surface area contributed by atoms with Gasteiger partial charge in [0.25, 0.3) is 0 Å². The van der Waals surface area contributed by atoms with Crippen molar-refractivity contribution < 1.29 is 0 Å². The maximum atomic E-state index is 6.87. The highest BCUT2D eigenvalue weighted by Gasteiger charge is 2.43. The molecule has 1 aliphatic rings. The molecule has 2 N–H and O–H groups in total. The summed E-state index contributed by atoms with van der Waals surface area (Å²) in [6.07, 6.45) is 4.00. The summed E-state index contributed by atoms with van der Waals surface area (Å²) >= 11 is 3.86. The van der Waals surface area contributed by atoms with Crippen LogP contribution in [0, 0.1) is 0 Å². The third kappa shape index (κ3) is 3.24. The summed E-state index contributed by atoms with van der Waals surface area (Å²) in [4.78, 5) is 0. The molecule has 1 atom stereocenters. The summed E-state index contributed by atoms with van der Waals surface area (Å²) in [5, 5.41) is 0. The van der Waals surface area contributed by atoms with Gasteiger partial charge in [-0.1, -0.05) is 88.7 Å². The van der Waals surface area contributed by atoms with E-state index in [0.717, 1.165) is 25.7 Å². The first-order valence-electron chi connectivity index (χ1n) is 9.30. The van der Waals surface area contributed by atoms with Gasteiger partial charge in [-0.05, 0) is 54.0 Å². The Morgan fingerprint density at radius 3 is 1.96 bits per heavy atom. The number of hydrogen-bond donors (Lipinski definition) is 1. The van der Waals surface area contributed by atoms with E-state index >= 15 is 0 Å². The van der Waals surface area contributed by atoms with E-state index in [9.17, 15) is 0 Å². The van der Waals surface area contributed by atoms with E-state index < -0.39 is 0 Å². The number of halogens is 1. The van der Waals surface area contributed by atoms with Crippen LogP contribution in [0.15, 0.2) is 83.3 Å². The molecule has 0 radical (unpaired) electrons. The Balaban J connectivity index is 1.88. The van der Waals surface area contributed by atoms with Crippen molar-refractivity contribution in [1.82, 2.24) is 0 Å². The van der Waals surface area contributed by atoms with Crippen LogP contribution in [-0.2, 0) is 24.7 Å². The van der Waals surface area contributed by atoms with Crippen molar-refractivity contribution in [3.8, 4) is 0 Å². The van der Waals surface area contributed by atoms with Crippen molar-refractivity contribution in [2.45, 2.75) is 37.1 Å². The minimum absolute atomic E-state index is 0.101. The molecule has 3 aromatic rings. The summed E-state index contributed by atoms with van der Waals surface area (Å²) in [5.74, 6) is 0. The van der Waals surface area contributed by atoms with Gasteiger partial charge < -0.3 is 5.73 Å². The molecule has 0 saturated carbocycles. The minimum Gasteiger partial charge on any atom is -0.327 e. The first kappa shape index (κ1) is 17.5. The minimum atomic E-state index is -0.101. The van der Waals surface area contributed by atoms with Crippen LogP contribution in [0.3, 0.4) is 0 Å². The number of hydrogen-bond acceptors (Lipinski definition) is 1. The molecule has 0 heterocycles. The van der Waals surface area contributed by atoms with Gasteiger partial charge >= 0.3 is 0 Å². The van der Waals surface area contributed by atoms with E-state index in [1.807, 2.05) is 0 Å². The molecule has 1 unspecified atom stereocenters. The molecular weight excluding hydrogens is 382 g/mol. The van der Waals surface area contributed by atoms with E-state index in [1.54, 1.807) is 0 Å². The zero-order valence-electron chi connectivity index (χ0n) is 14.9. The summed E-state index contributed by atoms with van der Waals surface area (Å²) in [6.45, 7) is 0. The van der Waals surface area contributed by atoms with Crippen LogP contribution in [-0.4, -0.2) is 6.04 Å². The molecule has 0 amide bonds. The average Bonchev–Trinajstić information content (AvgIpc) is 2.66. The highest BCUT2D eigenvalue weighted by atomic mass is 79.9. The van der Waals surface area contributed by atoms with Crippen LogP contribution in [0.2, 0.25) is 0 Å². The SMILES string of the molecule is NC1CCc2cccc(Br)c2C1(Cc1ccccc1)Cc1ccccc1. The van der Waals surface area contributed by atoms with Crippen LogP contribution in [0.25, 0.3) is 0 Å². The summed E-state index contributed by atoms with van der Waals surface area (Å²) in [7, 11) is 0. The Hall–Kier alpha value is -1.90. The third-order valence-corrected chi connectivity index (χ3v) is 6.42. The maximum Gasteiger partial charge on any atom is 0.0216 e. The van der Waals surface area contributed by atoms with Gasteiger partial charge in [-0.25, -0.2) is 0 Å². The second-order valence-corrected chi connectivity index (χ2v) is 8.25. The van der Waals surface area contributed by atoms with Crippen molar-refractivity contribution >= 4 is 15.9 Å². The van der Waals surface area contributed by atoms with E-state index in [2.05, 4.69) is 94.8 Å². The fourth-order valence-corrected chi connectivity index (χ4v) is 5.33. The Kier molecular flexibility index (Phi) is 4.97. The van der Waals surface area contributed by atoms with Gasteiger partial charge in [-0.15, -0.1) is 0 Å². The molecule has 1 nitrogen and oxygen atoms in total. The largest absolute Gasteiger partial charge is 0.327 e. The average molecular weight is 406 g/mol. The van der Waals surface area contributed by atoms with E-state index in [-0.39, 0.29) is 11.5 Å². The monoisotopic (exact) mass is 405 g/mol. The first-order chi connectivity index (χ1) is 12.7. The van der Waals surface area contributed by atoms with Gasteiger partial charge in [-0.2, -0.15) is 0 Å². The van der Waals surface area contributed by atoms with Crippen molar-refractivity contribution in [2.75, 3.05) is 0 Å². The summed E-state index contributed by atoms with van der Waals surface area (Å²) < 4.78 is 1.19. The molecular formula is C24H24BrN. The van der Waals surface area contributed by atoms with Crippen LogP contribution in [0.5, 0.6) is 0 Å². The van der Waals surface area contributed by atoms with E-state index in [4.69, 9.17) is 5.73 Å².